The van der Waals surface area contributed by atoms with Gasteiger partial charge in [0, 0.05) is 0 Å². The highest BCUT2D eigenvalue weighted by Crippen LogP contribution is 2.30. The van der Waals surface area contributed by atoms with Crippen LogP contribution in [0.5, 0.6) is 0 Å². The number of ether oxygens (including phenoxy) is 2. The quantitative estimate of drug-likeness (QED) is 0.516. The second kappa shape index (κ2) is 9.46. The Balaban J connectivity index is 2.15. The second-order valence-electron chi connectivity index (χ2n) is 9.48. The van der Waals surface area contributed by atoms with Gasteiger partial charge in [-0.15, -0.1) is 0 Å². The van der Waals surface area contributed by atoms with E-state index >= 15 is 0 Å². The number of nitrogens with one attached hydrogen (secondary N) is 1. The van der Waals surface area contributed by atoms with Gasteiger partial charge >= 0.3 is 12.2 Å². The van der Waals surface area contributed by atoms with Gasteiger partial charge in [0.25, 0.3) is 0 Å². The molecule has 178 valence electrons. The number of amides is 2. The number of rotatable bonds is 4. The Hall–Kier alpha value is -4.01. The number of imidazole rings is 1. The third-order valence-corrected chi connectivity index (χ3v) is 4.23. The molecule has 0 spiro atoms. The van der Waals surface area contributed by atoms with Gasteiger partial charge in [-0.1, -0.05) is 36.9 Å². The second-order valence-corrected chi connectivity index (χ2v) is 9.48. The van der Waals surface area contributed by atoms with E-state index in [1.54, 1.807) is 47.7 Å². The molecule has 34 heavy (non-hydrogen) atoms. The van der Waals surface area contributed by atoms with Crippen LogP contribution in [0.15, 0.2) is 49.3 Å². The predicted molar refractivity (Wildman–Crippen MR) is 130 cm³/mol. The Kier molecular flexibility index (Phi) is 6.85. The van der Waals surface area contributed by atoms with Crippen LogP contribution in [0.25, 0.3) is 28.9 Å². The standard InChI is InChI=1S/C25H29N5O4/c1-8-17-14-27-21(30(22(31)33-24(2,3)4)23(32)34-25(5,6)7)19(28-17)20-26-15-18(29-20)16-12-10-9-11-13-16/h8-15H,1H2,2-7H3,(H,26,29). The summed E-state index contributed by atoms with van der Waals surface area (Å²) in [7, 11) is 0. The Morgan fingerprint density at radius 3 is 2.06 bits per heavy atom. The number of aromatic amines is 1. The summed E-state index contributed by atoms with van der Waals surface area (Å²) in [6.07, 6.45) is 2.65. The first-order valence-corrected chi connectivity index (χ1v) is 10.7. The van der Waals surface area contributed by atoms with Gasteiger partial charge in [0.15, 0.2) is 11.6 Å². The fraction of sp³-hybridized carbons (Fsp3) is 0.320. The van der Waals surface area contributed by atoms with E-state index in [2.05, 4.69) is 26.5 Å². The summed E-state index contributed by atoms with van der Waals surface area (Å²) < 4.78 is 11.0. The summed E-state index contributed by atoms with van der Waals surface area (Å²) in [5.41, 5.74) is 0.509. The number of carbonyl (C=O) groups excluding carboxylic acids is 2. The molecule has 0 aliphatic rings. The average Bonchev–Trinajstić information content (AvgIpc) is 3.22. The third kappa shape index (κ3) is 6.06. The van der Waals surface area contributed by atoms with Crippen LogP contribution < -0.4 is 4.90 Å². The molecule has 0 radical (unpaired) electrons. The van der Waals surface area contributed by atoms with E-state index in [4.69, 9.17) is 9.47 Å². The highest BCUT2D eigenvalue weighted by atomic mass is 16.6. The number of H-pyrrole nitrogens is 1. The Labute approximate surface area is 198 Å². The molecule has 2 aromatic heterocycles. The van der Waals surface area contributed by atoms with E-state index in [9.17, 15) is 9.59 Å². The van der Waals surface area contributed by atoms with Crippen molar-refractivity contribution < 1.29 is 19.1 Å². The van der Waals surface area contributed by atoms with Gasteiger partial charge in [0.05, 0.1) is 23.8 Å². The molecular formula is C25H29N5O4. The number of nitrogens with zero attached hydrogens (tertiary/aromatic N) is 4. The van der Waals surface area contributed by atoms with E-state index in [1.165, 1.54) is 12.3 Å². The molecular weight excluding hydrogens is 434 g/mol. The molecule has 0 aliphatic carbocycles. The molecule has 0 atom stereocenters. The first-order valence-electron chi connectivity index (χ1n) is 10.7. The highest BCUT2D eigenvalue weighted by Gasteiger charge is 2.36. The van der Waals surface area contributed by atoms with E-state index in [0.717, 1.165) is 16.2 Å². The number of benzene rings is 1. The summed E-state index contributed by atoms with van der Waals surface area (Å²) in [5, 5.41) is 0. The van der Waals surface area contributed by atoms with Crippen LogP contribution in [0.1, 0.15) is 47.2 Å². The molecule has 0 unspecified atom stereocenters. The average molecular weight is 464 g/mol. The van der Waals surface area contributed by atoms with E-state index in [0.29, 0.717) is 11.5 Å². The van der Waals surface area contributed by atoms with Gasteiger partial charge in [0.1, 0.15) is 16.9 Å². The third-order valence-electron chi connectivity index (χ3n) is 4.23. The Bertz CT molecular complexity index is 1160. The largest absolute Gasteiger partial charge is 0.443 e. The normalized spacial score (nSPS) is 11.6. The van der Waals surface area contributed by atoms with Crippen molar-refractivity contribution in [2.75, 3.05) is 4.90 Å². The minimum atomic E-state index is -0.946. The van der Waals surface area contributed by atoms with Crippen molar-refractivity contribution in [3.05, 3.63) is 55.0 Å². The van der Waals surface area contributed by atoms with Gasteiger partial charge in [0.2, 0.25) is 0 Å². The maximum Gasteiger partial charge on any atom is 0.425 e. The van der Waals surface area contributed by atoms with Crippen molar-refractivity contribution in [2.45, 2.75) is 52.7 Å². The van der Waals surface area contributed by atoms with Crippen LogP contribution in [0.3, 0.4) is 0 Å². The Morgan fingerprint density at radius 2 is 1.53 bits per heavy atom. The number of carbonyl (C=O) groups is 2. The van der Waals surface area contributed by atoms with Gasteiger partial charge in [-0.2, -0.15) is 4.90 Å². The monoisotopic (exact) mass is 463 g/mol. The SMILES string of the molecule is C=Cc1cnc(N(C(=O)OC(C)(C)C)C(=O)OC(C)(C)C)c(-c2ncc(-c3ccccc3)[nH]2)n1. The lowest BCUT2D eigenvalue weighted by molar-refractivity contribution is 0.0429. The number of anilines is 1. The van der Waals surface area contributed by atoms with Crippen LogP contribution >= 0.6 is 0 Å². The molecule has 9 heteroatoms. The molecule has 2 amide bonds. The molecule has 0 saturated carbocycles. The molecule has 0 fully saturated rings. The zero-order valence-electron chi connectivity index (χ0n) is 20.2. The minimum absolute atomic E-state index is 0.0805. The molecule has 3 aromatic rings. The zero-order chi connectivity index (χ0) is 25.1. The summed E-state index contributed by atoms with van der Waals surface area (Å²) in [6.45, 7) is 13.9. The summed E-state index contributed by atoms with van der Waals surface area (Å²) in [6, 6.07) is 9.59. The van der Waals surface area contributed by atoms with E-state index < -0.39 is 23.4 Å². The van der Waals surface area contributed by atoms with Crippen LogP contribution in [0.4, 0.5) is 15.4 Å². The van der Waals surface area contributed by atoms with E-state index in [1.807, 2.05) is 30.3 Å². The van der Waals surface area contributed by atoms with Crippen molar-refractivity contribution in [3.63, 3.8) is 0 Å². The van der Waals surface area contributed by atoms with Crippen molar-refractivity contribution >= 4 is 24.1 Å². The van der Waals surface area contributed by atoms with Gasteiger partial charge in [-0.25, -0.2) is 24.5 Å². The number of aromatic nitrogens is 4. The molecule has 1 N–H and O–H groups in total. The fourth-order valence-corrected chi connectivity index (χ4v) is 2.89. The number of imide groups is 1. The van der Waals surface area contributed by atoms with Crippen molar-refractivity contribution in [2.24, 2.45) is 0 Å². The van der Waals surface area contributed by atoms with Crippen LogP contribution in [0.2, 0.25) is 0 Å². The molecule has 1 aromatic carbocycles. The smallest absolute Gasteiger partial charge is 0.425 e. The van der Waals surface area contributed by atoms with Crippen LogP contribution in [0, 0.1) is 0 Å². The zero-order valence-corrected chi connectivity index (χ0v) is 20.2. The van der Waals surface area contributed by atoms with Crippen molar-refractivity contribution in [1.29, 1.82) is 0 Å². The summed E-state index contributed by atoms with van der Waals surface area (Å²) in [5.74, 6) is 0.227. The van der Waals surface area contributed by atoms with Crippen molar-refractivity contribution in [1.82, 2.24) is 19.9 Å². The Morgan fingerprint density at radius 1 is 0.941 bits per heavy atom. The molecule has 9 nitrogen and oxygen atoms in total. The highest BCUT2D eigenvalue weighted by molar-refractivity contribution is 6.10. The van der Waals surface area contributed by atoms with Crippen molar-refractivity contribution in [3.8, 4) is 22.8 Å². The lowest BCUT2D eigenvalue weighted by Gasteiger charge is -2.28. The van der Waals surface area contributed by atoms with E-state index in [-0.39, 0.29) is 11.5 Å². The van der Waals surface area contributed by atoms with Gasteiger partial charge in [-0.05, 0) is 53.2 Å². The summed E-state index contributed by atoms with van der Waals surface area (Å²) >= 11 is 0. The molecule has 0 aliphatic heterocycles. The number of hydrogen-bond donors (Lipinski definition) is 1. The molecule has 0 bridgehead atoms. The molecule has 0 saturated heterocycles. The topological polar surface area (TPSA) is 110 Å². The maximum atomic E-state index is 13.1. The molecule has 3 rings (SSSR count). The fourth-order valence-electron chi connectivity index (χ4n) is 2.89. The minimum Gasteiger partial charge on any atom is -0.443 e. The molecule has 2 heterocycles. The van der Waals surface area contributed by atoms with Gasteiger partial charge < -0.3 is 14.5 Å². The predicted octanol–water partition coefficient (Wildman–Crippen LogP) is 5.85. The van der Waals surface area contributed by atoms with Crippen LogP contribution in [-0.4, -0.2) is 43.3 Å². The summed E-state index contributed by atoms with van der Waals surface area (Å²) in [4.78, 5) is 43.5. The first kappa shape index (κ1) is 24.6. The van der Waals surface area contributed by atoms with Crippen LogP contribution in [-0.2, 0) is 9.47 Å². The lowest BCUT2D eigenvalue weighted by atomic mass is 10.2. The first-order chi connectivity index (χ1) is 15.9. The van der Waals surface area contributed by atoms with Gasteiger partial charge in [-0.3, -0.25) is 0 Å². The number of hydrogen-bond acceptors (Lipinski definition) is 7. The lowest BCUT2D eigenvalue weighted by Crippen LogP contribution is -2.44. The maximum absolute atomic E-state index is 13.1.